The van der Waals surface area contributed by atoms with Crippen molar-refractivity contribution in [1.29, 1.82) is 0 Å². The van der Waals surface area contributed by atoms with Crippen LogP contribution in [0.4, 0.5) is 18.9 Å². The Bertz CT molecular complexity index is 1280. The maximum absolute atomic E-state index is 12.8. The molecule has 4 aromatic rings. The van der Waals surface area contributed by atoms with Crippen LogP contribution in [0, 0.1) is 0 Å². The van der Waals surface area contributed by atoms with E-state index in [1.165, 1.54) is 12.1 Å². The first-order valence-electron chi connectivity index (χ1n) is 9.66. The molecule has 0 fully saturated rings. The maximum Gasteiger partial charge on any atom is 0.416 e. The van der Waals surface area contributed by atoms with Gasteiger partial charge in [0.15, 0.2) is 0 Å². The summed E-state index contributed by atoms with van der Waals surface area (Å²) in [5, 5.41) is 10.9. The largest absolute Gasteiger partial charge is 0.416 e. The second-order valence-electron chi connectivity index (χ2n) is 7.04. The molecule has 0 spiro atoms. The molecule has 0 saturated heterocycles. The molecule has 0 bridgehead atoms. The van der Waals surface area contributed by atoms with Crippen molar-refractivity contribution in [2.24, 2.45) is 5.10 Å². The molecule has 1 amide bonds. The molecule has 0 aromatic heterocycles. The van der Waals surface area contributed by atoms with Crippen LogP contribution in [0.15, 0.2) is 77.9 Å². The number of nitrogens with one attached hydrogen (secondary N) is 2. The Morgan fingerprint density at radius 2 is 1.50 bits per heavy atom. The normalized spacial score (nSPS) is 11.9. The van der Waals surface area contributed by atoms with E-state index in [4.69, 9.17) is 11.6 Å². The number of nitrogens with zero attached hydrogens (tertiary/aromatic N) is 1. The summed E-state index contributed by atoms with van der Waals surface area (Å²) in [6, 6.07) is 19.9. The number of hydrazone groups is 1. The highest BCUT2D eigenvalue weighted by atomic mass is 35.5. The van der Waals surface area contributed by atoms with Crippen molar-refractivity contribution in [3.8, 4) is 0 Å². The van der Waals surface area contributed by atoms with Gasteiger partial charge in [0.25, 0.3) is 5.91 Å². The molecule has 162 valence electrons. The quantitative estimate of drug-likeness (QED) is 0.213. The number of halogens is 4. The average molecular weight is 456 g/mol. The van der Waals surface area contributed by atoms with Gasteiger partial charge in [0.1, 0.15) is 0 Å². The van der Waals surface area contributed by atoms with Crippen molar-refractivity contribution in [2.45, 2.75) is 6.18 Å². The third kappa shape index (κ3) is 4.53. The van der Waals surface area contributed by atoms with Crippen molar-refractivity contribution < 1.29 is 18.0 Å². The molecule has 4 rings (SSSR count). The zero-order valence-electron chi connectivity index (χ0n) is 16.6. The lowest BCUT2D eigenvalue weighted by atomic mass is 9.97. The van der Waals surface area contributed by atoms with E-state index in [1.807, 2.05) is 48.5 Å². The highest BCUT2D eigenvalue weighted by Gasteiger charge is 2.30. The molecule has 4 nitrogen and oxygen atoms in total. The third-order valence-electron chi connectivity index (χ3n) is 4.93. The summed E-state index contributed by atoms with van der Waals surface area (Å²) in [4.78, 5) is 12.1. The lowest BCUT2D eigenvalue weighted by Gasteiger charge is -2.11. The van der Waals surface area contributed by atoms with E-state index >= 15 is 0 Å². The Hall–Kier alpha value is -3.58. The Kier molecular flexibility index (Phi) is 6.01. The summed E-state index contributed by atoms with van der Waals surface area (Å²) in [6.45, 7) is -0.235. The zero-order chi connectivity index (χ0) is 22.7. The smallest absolute Gasteiger partial charge is 0.376 e. The van der Waals surface area contributed by atoms with Gasteiger partial charge >= 0.3 is 6.18 Å². The highest BCUT2D eigenvalue weighted by molar-refractivity contribution is 6.42. The summed E-state index contributed by atoms with van der Waals surface area (Å²) in [5.74, 6) is -0.499. The summed E-state index contributed by atoms with van der Waals surface area (Å²) in [5.41, 5.74) is 2.60. The Morgan fingerprint density at radius 1 is 0.906 bits per heavy atom. The van der Waals surface area contributed by atoms with Crippen LogP contribution in [0.25, 0.3) is 21.5 Å². The number of benzene rings is 4. The molecule has 4 aromatic carbocycles. The molecule has 32 heavy (non-hydrogen) atoms. The van der Waals surface area contributed by atoms with Crippen molar-refractivity contribution in [2.75, 3.05) is 11.9 Å². The van der Waals surface area contributed by atoms with Gasteiger partial charge in [-0.25, -0.2) is 5.43 Å². The van der Waals surface area contributed by atoms with Gasteiger partial charge in [0.2, 0.25) is 0 Å². The SMILES string of the molecule is O=C(CNc1cccc(C(F)(F)F)c1)N/N=C/c1c2ccccc2c(Cl)c2ccccc12. The van der Waals surface area contributed by atoms with Crippen LogP contribution in [0.3, 0.4) is 0 Å². The molecule has 0 aliphatic rings. The minimum Gasteiger partial charge on any atom is -0.376 e. The van der Waals surface area contributed by atoms with Crippen LogP contribution in [0.2, 0.25) is 5.02 Å². The van der Waals surface area contributed by atoms with Crippen LogP contribution in [-0.2, 0) is 11.0 Å². The number of anilines is 1. The number of carbonyl (C=O) groups is 1. The Labute approximate surface area is 186 Å². The van der Waals surface area contributed by atoms with E-state index in [-0.39, 0.29) is 12.2 Å². The van der Waals surface area contributed by atoms with E-state index in [9.17, 15) is 18.0 Å². The van der Waals surface area contributed by atoms with E-state index in [2.05, 4.69) is 15.8 Å². The molecule has 0 saturated carbocycles. The number of hydrogen-bond acceptors (Lipinski definition) is 3. The fourth-order valence-electron chi connectivity index (χ4n) is 3.44. The molecule has 8 heteroatoms. The van der Waals surface area contributed by atoms with Crippen molar-refractivity contribution in [1.82, 2.24) is 5.43 Å². The number of hydrogen-bond donors (Lipinski definition) is 2. The van der Waals surface area contributed by atoms with E-state index in [0.717, 1.165) is 39.2 Å². The number of amides is 1. The van der Waals surface area contributed by atoms with Crippen LogP contribution in [0.5, 0.6) is 0 Å². The number of fused-ring (bicyclic) bond motifs is 2. The summed E-state index contributed by atoms with van der Waals surface area (Å²) in [7, 11) is 0. The number of rotatable bonds is 5. The third-order valence-corrected chi connectivity index (χ3v) is 5.34. The lowest BCUT2D eigenvalue weighted by molar-refractivity contribution is -0.137. The maximum atomic E-state index is 12.8. The Balaban J connectivity index is 1.51. The average Bonchev–Trinajstić information content (AvgIpc) is 2.79. The topological polar surface area (TPSA) is 53.5 Å². The minimum atomic E-state index is -4.45. The first-order valence-corrected chi connectivity index (χ1v) is 10.0. The standard InChI is InChI=1S/C24H17ClF3N3O/c25-23-19-10-3-1-8-17(19)21(18-9-2-4-11-20(18)23)13-30-31-22(32)14-29-16-7-5-6-15(12-16)24(26,27)28/h1-13,29H,14H2,(H,31,32)/b30-13+. The molecule has 0 aliphatic carbocycles. The first kappa shape index (κ1) is 21.6. The highest BCUT2D eigenvalue weighted by Crippen LogP contribution is 2.35. The van der Waals surface area contributed by atoms with E-state index in [0.29, 0.717) is 5.02 Å². The molecule has 0 unspecified atom stereocenters. The fraction of sp³-hybridized carbons (Fsp3) is 0.0833. The molecule has 0 atom stereocenters. The molecule has 0 radical (unpaired) electrons. The van der Waals surface area contributed by atoms with Gasteiger partial charge in [0, 0.05) is 22.0 Å². The van der Waals surface area contributed by atoms with Crippen molar-refractivity contribution in [3.05, 3.63) is 88.9 Å². The molecular weight excluding hydrogens is 439 g/mol. The predicted octanol–water partition coefficient (Wildman–Crippen LogP) is 6.23. The van der Waals surface area contributed by atoms with Gasteiger partial charge in [-0.1, -0.05) is 66.2 Å². The zero-order valence-corrected chi connectivity index (χ0v) is 17.3. The summed E-state index contributed by atoms with van der Waals surface area (Å²) >= 11 is 6.58. The second kappa shape index (κ2) is 8.88. The van der Waals surface area contributed by atoms with Crippen LogP contribution < -0.4 is 10.7 Å². The number of alkyl halides is 3. The molecular formula is C24H17ClF3N3O. The van der Waals surface area contributed by atoms with Gasteiger partial charge in [-0.05, 0) is 29.0 Å². The molecule has 0 aliphatic heterocycles. The first-order chi connectivity index (χ1) is 15.3. The van der Waals surface area contributed by atoms with E-state index in [1.54, 1.807) is 6.21 Å². The van der Waals surface area contributed by atoms with Crippen LogP contribution in [0.1, 0.15) is 11.1 Å². The fourth-order valence-corrected chi connectivity index (χ4v) is 3.77. The Morgan fingerprint density at radius 3 is 2.09 bits per heavy atom. The summed E-state index contributed by atoms with van der Waals surface area (Å²) < 4.78 is 38.4. The summed E-state index contributed by atoms with van der Waals surface area (Å²) in [6.07, 6.45) is -2.91. The van der Waals surface area contributed by atoms with Gasteiger partial charge in [0.05, 0.1) is 23.3 Å². The molecule has 2 N–H and O–H groups in total. The van der Waals surface area contributed by atoms with Gasteiger partial charge < -0.3 is 5.32 Å². The van der Waals surface area contributed by atoms with Crippen molar-refractivity contribution >= 4 is 51.0 Å². The second-order valence-corrected chi connectivity index (χ2v) is 7.42. The predicted molar refractivity (Wildman–Crippen MR) is 122 cm³/mol. The number of carbonyl (C=O) groups excluding carboxylic acids is 1. The minimum absolute atomic E-state index is 0.189. The van der Waals surface area contributed by atoms with Crippen LogP contribution in [-0.4, -0.2) is 18.7 Å². The van der Waals surface area contributed by atoms with E-state index < -0.39 is 17.6 Å². The van der Waals surface area contributed by atoms with Crippen LogP contribution >= 0.6 is 11.6 Å². The molecule has 0 heterocycles. The van der Waals surface area contributed by atoms with Gasteiger partial charge in [-0.3, -0.25) is 4.79 Å². The van der Waals surface area contributed by atoms with Gasteiger partial charge in [-0.15, -0.1) is 0 Å². The monoisotopic (exact) mass is 455 g/mol. The lowest BCUT2D eigenvalue weighted by Crippen LogP contribution is -2.26. The van der Waals surface area contributed by atoms with Crippen molar-refractivity contribution in [3.63, 3.8) is 0 Å². The van der Waals surface area contributed by atoms with Gasteiger partial charge in [-0.2, -0.15) is 18.3 Å².